The number of thioether (sulfide) groups is 1. The Kier molecular flexibility index (Phi) is 4.97. The average Bonchev–Trinajstić information content (AvgIpc) is 2.92. The number of benzene rings is 1. The first-order valence-electron chi connectivity index (χ1n) is 7.52. The summed E-state index contributed by atoms with van der Waals surface area (Å²) in [6.07, 6.45) is 7.04. The molecule has 4 heteroatoms. The van der Waals surface area contributed by atoms with Crippen LogP contribution in [0.2, 0.25) is 0 Å². The van der Waals surface area contributed by atoms with E-state index >= 15 is 0 Å². The molecule has 1 saturated carbocycles. The summed E-state index contributed by atoms with van der Waals surface area (Å²) in [5.41, 5.74) is 1.14. The molecule has 1 atom stereocenters. The third kappa shape index (κ3) is 3.35. The van der Waals surface area contributed by atoms with Gasteiger partial charge < -0.3 is 5.32 Å². The molecule has 2 aromatic rings. The van der Waals surface area contributed by atoms with Gasteiger partial charge in [-0.2, -0.15) is 0 Å². The predicted molar refractivity (Wildman–Crippen MR) is 89.8 cm³/mol. The number of nitrogens with zero attached hydrogens (tertiary/aromatic N) is 1. The van der Waals surface area contributed by atoms with Gasteiger partial charge in [-0.25, -0.2) is 4.98 Å². The summed E-state index contributed by atoms with van der Waals surface area (Å²) in [5.74, 6) is 2.00. The number of nitrogens with one attached hydrogen (secondary N) is 1. The monoisotopic (exact) mass is 306 g/mol. The maximum absolute atomic E-state index is 4.72. The fraction of sp³-hybridized carbons (Fsp3) is 0.562. The topological polar surface area (TPSA) is 24.9 Å². The number of thiazole rings is 1. The zero-order valence-electron chi connectivity index (χ0n) is 12.0. The second-order valence-electron chi connectivity index (χ2n) is 5.55. The Morgan fingerprint density at radius 1 is 1.30 bits per heavy atom. The lowest BCUT2D eigenvalue weighted by Gasteiger charge is -2.29. The van der Waals surface area contributed by atoms with Gasteiger partial charge in [0.2, 0.25) is 0 Å². The van der Waals surface area contributed by atoms with E-state index in [0.717, 1.165) is 17.2 Å². The molecule has 1 aromatic heterocycles. The van der Waals surface area contributed by atoms with Crippen molar-refractivity contribution >= 4 is 33.3 Å². The van der Waals surface area contributed by atoms with Gasteiger partial charge in [-0.15, -0.1) is 11.3 Å². The molecule has 2 nitrogen and oxygen atoms in total. The Hall–Kier alpha value is -0.580. The van der Waals surface area contributed by atoms with Gasteiger partial charge in [-0.05, 0) is 37.9 Å². The number of aromatic nitrogens is 1. The summed E-state index contributed by atoms with van der Waals surface area (Å²) in [4.78, 5) is 4.72. The third-order valence-electron chi connectivity index (χ3n) is 4.25. The molecule has 0 radical (unpaired) electrons. The van der Waals surface area contributed by atoms with Crippen molar-refractivity contribution in [3.05, 3.63) is 24.3 Å². The van der Waals surface area contributed by atoms with Crippen LogP contribution in [0.15, 0.2) is 28.6 Å². The van der Waals surface area contributed by atoms with Gasteiger partial charge in [0, 0.05) is 11.8 Å². The van der Waals surface area contributed by atoms with Gasteiger partial charge in [0.15, 0.2) is 4.34 Å². The fourth-order valence-electron chi connectivity index (χ4n) is 3.07. The minimum atomic E-state index is 0.632. The molecule has 20 heavy (non-hydrogen) atoms. The maximum atomic E-state index is 4.72. The smallest absolute Gasteiger partial charge is 0.151 e. The molecule has 108 valence electrons. The molecule has 1 aliphatic rings. The molecule has 0 spiro atoms. The largest absolute Gasteiger partial charge is 0.316 e. The van der Waals surface area contributed by atoms with Crippen LogP contribution in [0.25, 0.3) is 10.2 Å². The van der Waals surface area contributed by atoms with Gasteiger partial charge in [0.05, 0.1) is 10.2 Å². The number of para-hydroxylation sites is 1. The van der Waals surface area contributed by atoms with Crippen molar-refractivity contribution in [3.63, 3.8) is 0 Å². The van der Waals surface area contributed by atoms with E-state index < -0.39 is 0 Å². The van der Waals surface area contributed by atoms with Gasteiger partial charge in [0.25, 0.3) is 0 Å². The van der Waals surface area contributed by atoms with Crippen molar-refractivity contribution in [3.8, 4) is 0 Å². The molecule has 1 heterocycles. The van der Waals surface area contributed by atoms with Crippen LogP contribution in [-0.4, -0.2) is 23.8 Å². The van der Waals surface area contributed by atoms with Crippen LogP contribution < -0.4 is 5.32 Å². The number of rotatable bonds is 5. The lowest BCUT2D eigenvalue weighted by molar-refractivity contribution is 0.294. The van der Waals surface area contributed by atoms with E-state index in [9.17, 15) is 0 Å². The first-order chi connectivity index (χ1) is 9.86. The van der Waals surface area contributed by atoms with E-state index in [1.165, 1.54) is 41.1 Å². The van der Waals surface area contributed by atoms with Crippen LogP contribution in [0.5, 0.6) is 0 Å². The Morgan fingerprint density at radius 2 is 2.10 bits per heavy atom. The van der Waals surface area contributed by atoms with E-state index in [1.807, 2.05) is 23.1 Å². The van der Waals surface area contributed by atoms with Crippen LogP contribution in [0.3, 0.4) is 0 Å². The van der Waals surface area contributed by atoms with Crippen molar-refractivity contribution in [1.82, 2.24) is 10.3 Å². The standard InChI is InChI=1S/C16H22N2S2/c1-17-14(12-7-3-2-4-8-12)11-19-16-18-13-9-5-6-10-15(13)20-16/h5-6,9-10,12,14,17H,2-4,7-8,11H2,1H3. The first kappa shape index (κ1) is 14.4. The van der Waals surface area contributed by atoms with Crippen molar-refractivity contribution in [2.24, 2.45) is 5.92 Å². The Balaban J connectivity index is 1.61. The molecule has 3 rings (SSSR count). The molecule has 1 aromatic carbocycles. The zero-order chi connectivity index (χ0) is 13.8. The highest BCUT2D eigenvalue weighted by atomic mass is 32.2. The molecule has 0 saturated heterocycles. The highest BCUT2D eigenvalue weighted by Crippen LogP contribution is 2.33. The lowest BCUT2D eigenvalue weighted by Crippen LogP contribution is -2.36. The number of hydrogen-bond acceptors (Lipinski definition) is 4. The van der Waals surface area contributed by atoms with Gasteiger partial charge in [0.1, 0.15) is 0 Å². The van der Waals surface area contributed by atoms with Crippen LogP contribution in [0.1, 0.15) is 32.1 Å². The zero-order valence-corrected chi connectivity index (χ0v) is 13.6. The predicted octanol–water partition coefficient (Wildman–Crippen LogP) is 4.56. The molecule has 1 fully saturated rings. The third-order valence-corrected chi connectivity index (χ3v) is 6.55. The highest BCUT2D eigenvalue weighted by Gasteiger charge is 2.22. The summed E-state index contributed by atoms with van der Waals surface area (Å²) in [7, 11) is 2.11. The SMILES string of the molecule is CNC(CSc1nc2ccccc2s1)C1CCCCC1. The average molecular weight is 307 g/mol. The molecule has 1 unspecified atom stereocenters. The molecular formula is C16H22N2S2. The fourth-order valence-corrected chi connectivity index (χ4v) is 5.40. The quantitative estimate of drug-likeness (QED) is 0.820. The second kappa shape index (κ2) is 6.92. The molecular weight excluding hydrogens is 284 g/mol. The van der Waals surface area contributed by atoms with E-state index in [-0.39, 0.29) is 0 Å². The van der Waals surface area contributed by atoms with E-state index in [1.54, 1.807) is 0 Å². The minimum absolute atomic E-state index is 0.632. The highest BCUT2D eigenvalue weighted by molar-refractivity contribution is 8.01. The Labute approximate surface area is 129 Å². The molecule has 1 aliphatic carbocycles. The van der Waals surface area contributed by atoms with Gasteiger partial charge in [-0.1, -0.05) is 43.2 Å². The van der Waals surface area contributed by atoms with E-state index in [4.69, 9.17) is 4.98 Å². The summed E-state index contributed by atoms with van der Waals surface area (Å²) >= 11 is 3.74. The Bertz CT molecular complexity index is 513. The van der Waals surface area contributed by atoms with Gasteiger partial charge in [-0.3, -0.25) is 0 Å². The van der Waals surface area contributed by atoms with Crippen LogP contribution in [0.4, 0.5) is 0 Å². The molecule has 0 amide bonds. The summed E-state index contributed by atoms with van der Waals surface area (Å²) in [6, 6.07) is 9.05. The van der Waals surface area contributed by atoms with E-state index in [2.05, 4.69) is 36.6 Å². The first-order valence-corrected chi connectivity index (χ1v) is 9.32. The van der Waals surface area contributed by atoms with Crippen LogP contribution in [-0.2, 0) is 0 Å². The number of hydrogen-bond donors (Lipinski definition) is 1. The van der Waals surface area contributed by atoms with Crippen molar-refractivity contribution in [2.75, 3.05) is 12.8 Å². The summed E-state index contributed by atoms with van der Waals surface area (Å²) < 4.78 is 2.51. The normalized spacial score (nSPS) is 18.4. The van der Waals surface area contributed by atoms with E-state index in [0.29, 0.717) is 6.04 Å². The van der Waals surface area contributed by atoms with Gasteiger partial charge >= 0.3 is 0 Å². The van der Waals surface area contributed by atoms with Crippen molar-refractivity contribution in [1.29, 1.82) is 0 Å². The minimum Gasteiger partial charge on any atom is -0.316 e. The molecule has 1 N–H and O–H groups in total. The summed E-state index contributed by atoms with van der Waals surface area (Å²) in [6.45, 7) is 0. The number of fused-ring (bicyclic) bond motifs is 1. The molecule has 0 aliphatic heterocycles. The molecule has 0 bridgehead atoms. The van der Waals surface area contributed by atoms with Crippen molar-refractivity contribution in [2.45, 2.75) is 42.5 Å². The maximum Gasteiger partial charge on any atom is 0.151 e. The van der Waals surface area contributed by atoms with Crippen molar-refractivity contribution < 1.29 is 0 Å². The lowest BCUT2D eigenvalue weighted by atomic mass is 9.84. The Morgan fingerprint density at radius 3 is 2.85 bits per heavy atom. The summed E-state index contributed by atoms with van der Waals surface area (Å²) in [5, 5.41) is 3.53. The second-order valence-corrected chi connectivity index (χ2v) is 7.85. The van der Waals surface area contributed by atoms with Crippen LogP contribution >= 0.6 is 23.1 Å². The van der Waals surface area contributed by atoms with Crippen LogP contribution in [0, 0.1) is 5.92 Å².